The monoisotopic (exact) mass is 329 g/mol. The minimum atomic E-state index is -0.358. The molecule has 0 unspecified atom stereocenters. The van der Waals surface area contributed by atoms with Gasteiger partial charge in [-0.2, -0.15) is 0 Å². The molecule has 24 heavy (non-hydrogen) atoms. The van der Waals surface area contributed by atoms with Crippen LogP contribution < -0.4 is 11.1 Å². The number of amides is 2. The first-order valence-electron chi connectivity index (χ1n) is 8.03. The van der Waals surface area contributed by atoms with Crippen LogP contribution in [0.25, 0.3) is 11.3 Å². The van der Waals surface area contributed by atoms with Crippen molar-refractivity contribution in [2.75, 3.05) is 6.54 Å². The first kappa shape index (κ1) is 17.7. The molecule has 2 aromatic rings. The van der Waals surface area contributed by atoms with Crippen LogP contribution in [0, 0.1) is 13.8 Å². The summed E-state index contributed by atoms with van der Waals surface area (Å²) in [6, 6.07) is 6.11. The van der Waals surface area contributed by atoms with Gasteiger partial charge in [-0.15, -0.1) is 0 Å². The van der Waals surface area contributed by atoms with E-state index in [0.29, 0.717) is 37.5 Å². The van der Waals surface area contributed by atoms with Crippen molar-refractivity contribution in [2.24, 2.45) is 5.73 Å². The van der Waals surface area contributed by atoms with Crippen molar-refractivity contribution in [3.05, 3.63) is 41.4 Å². The average molecular weight is 329 g/mol. The maximum absolute atomic E-state index is 11.7. The minimum absolute atomic E-state index is 0.0922. The second kappa shape index (κ2) is 8.29. The second-order valence-electron chi connectivity index (χ2n) is 5.84. The molecule has 0 aliphatic carbocycles. The quantitative estimate of drug-likeness (QED) is 0.726. The number of oxazole rings is 1. The van der Waals surface area contributed by atoms with Gasteiger partial charge in [0.05, 0.1) is 6.20 Å². The number of carbonyl (C=O) groups excluding carboxylic acids is 2. The molecule has 0 bridgehead atoms. The zero-order chi connectivity index (χ0) is 17.5. The highest BCUT2D eigenvalue weighted by atomic mass is 16.4. The van der Waals surface area contributed by atoms with E-state index in [0.717, 1.165) is 5.56 Å². The number of hydrogen-bond acceptors (Lipinski definition) is 4. The molecular formula is C18H23N3O3. The fourth-order valence-corrected chi connectivity index (χ4v) is 2.25. The van der Waals surface area contributed by atoms with Crippen molar-refractivity contribution in [1.82, 2.24) is 10.3 Å². The van der Waals surface area contributed by atoms with E-state index in [4.69, 9.17) is 10.2 Å². The van der Waals surface area contributed by atoms with Crippen molar-refractivity contribution in [2.45, 2.75) is 39.5 Å². The molecule has 0 radical (unpaired) electrons. The van der Waals surface area contributed by atoms with Crippen LogP contribution in [0.5, 0.6) is 0 Å². The van der Waals surface area contributed by atoms with Gasteiger partial charge in [0, 0.05) is 31.4 Å². The third kappa shape index (κ3) is 5.22. The van der Waals surface area contributed by atoms with Crippen LogP contribution in [0.2, 0.25) is 0 Å². The molecule has 2 amide bonds. The van der Waals surface area contributed by atoms with Crippen LogP contribution in [-0.2, 0) is 16.0 Å². The van der Waals surface area contributed by atoms with Gasteiger partial charge in [0.1, 0.15) is 0 Å². The summed E-state index contributed by atoms with van der Waals surface area (Å²) in [4.78, 5) is 26.6. The number of hydrogen-bond donors (Lipinski definition) is 2. The topological polar surface area (TPSA) is 98.2 Å². The smallest absolute Gasteiger partial charge is 0.220 e. The number of carbonyl (C=O) groups is 2. The lowest BCUT2D eigenvalue weighted by Gasteiger charge is -2.03. The lowest BCUT2D eigenvalue weighted by atomic mass is 10.1. The molecule has 0 saturated heterocycles. The van der Waals surface area contributed by atoms with Crippen molar-refractivity contribution < 1.29 is 14.0 Å². The average Bonchev–Trinajstić information content (AvgIpc) is 3.01. The summed E-state index contributed by atoms with van der Waals surface area (Å²) in [6.45, 7) is 4.56. The molecule has 0 aliphatic rings. The molecule has 0 fully saturated rings. The van der Waals surface area contributed by atoms with Crippen LogP contribution in [0.3, 0.4) is 0 Å². The highest BCUT2D eigenvalue weighted by Gasteiger charge is 2.09. The van der Waals surface area contributed by atoms with Gasteiger partial charge in [0.25, 0.3) is 0 Å². The van der Waals surface area contributed by atoms with Gasteiger partial charge in [-0.1, -0.05) is 12.1 Å². The summed E-state index contributed by atoms with van der Waals surface area (Å²) < 4.78 is 5.72. The van der Waals surface area contributed by atoms with E-state index < -0.39 is 0 Å². The SMILES string of the molecule is Cc1ccc(-c2cnc(CCC(=O)NCCCC(N)=O)o2)cc1C. The fourth-order valence-electron chi connectivity index (χ4n) is 2.25. The van der Waals surface area contributed by atoms with Gasteiger partial charge in [0.15, 0.2) is 11.7 Å². The summed E-state index contributed by atoms with van der Waals surface area (Å²) in [7, 11) is 0. The van der Waals surface area contributed by atoms with Crippen LogP contribution in [0.15, 0.2) is 28.8 Å². The number of nitrogens with two attached hydrogens (primary N) is 1. The van der Waals surface area contributed by atoms with Crippen LogP contribution in [-0.4, -0.2) is 23.3 Å². The molecule has 1 aromatic heterocycles. The van der Waals surface area contributed by atoms with Crippen molar-refractivity contribution in [3.63, 3.8) is 0 Å². The van der Waals surface area contributed by atoms with Gasteiger partial charge in [-0.05, 0) is 37.5 Å². The first-order valence-corrected chi connectivity index (χ1v) is 8.03. The third-order valence-electron chi connectivity index (χ3n) is 3.83. The molecule has 128 valence electrons. The first-order chi connectivity index (χ1) is 11.5. The highest BCUT2D eigenvalue weighted by molar-refractivity contribution is 5.76. The Morgan fingerprint density at radius 1 is 1.21 bits per heavy atom. The van der Waals surface area contributed by atoms with Gasteiger partial charge in [-0.3, -0.25) is 9.59 Å². The van der Waals surface area contributed by atoms with Gasteiger partial charge < -0.3 is 15.5 Å². The molecule has 3 N–H and O–H groups in total. The number of benzene rings is 1. The Balaban J connectivity index is 1.82. The summed E-state index contributed by atoms with van der Waals surface area (Å²) >= 11 is 0. The predicted molar refractivity (Wildman–Crippen MR) is 91.2 cm³/mol. The molecule has 2 rings (SSSR count). The summed E-state index contributed by atoms with van der Waals surface area (Å²) in [5.41, 5.74) is 8.44. The lowest BCUT2D eigenvalue weighted by Crippen LogP contribution is -2.25. The molecule has 0 spiro atoms. The molecule has 0 saturated carbocycles. The highest BCUT2D eigenvalue weighted by Crippen LogP contribution is 2.23. The van der Waals surface area contributed by atoms with Crippen molar-refractivity contribution in [3.8, 4) is 11.3 Å². The second-order valence-corrected chi connectivity index (χ2v) is 5.84. The van der Waals surface area contributed by atoms with E-state index in [1.165, 1.54) is 11.1 Å². The number of primary amides is 1. The zero-order valence-electron chi connectivity index (χ0n) is 14.1. The standard InChI is InChI=1S/C18H23N3O3/c1-12-5-6-14(10-13(12)2)15-11-21-18(24-15)8-7-17(23)20-9-3-4-16(19)22/h5-6,10-11H,3-4,7-9H2,1-2H3,(H2,19,22)(H,20,23). The number of nitrogens with one attached hydrogen (secondary N) is 1. The Labute approximate surface area is 141 Å². The fraction of sp³-hybridized carbons (Fsp3) is 0.389. The largest absolute Gasteiger partial charge is 0.441 e. The van der Waals surface area contributed by atoms with Gasteiger partial charge in [0.2, 0.25) is 11.8 Å². The van der Waals surface area contributed by atoms with Crippen molar-refractivity contribution >= 4 is 11.8 Å². The predicted octanol–water partition coefficient (Wildman–Crippen LogP) is 2.27. The molecule has 1 heterocycles. The molecular weight excluding hydrogens is 306 g/mol. The summed E-state index contributed by atoms with van der Waals surface area (Å²) in [6.07, 6.45) is 3.25. The maximum atomic E-state index is 11.7. The molecule has 0 atom stereocenters. The molecule has 6 heteroatoms. The van der Waals surface area contributed by atoms with Crippen molar-refractivity contribution in [1.29, 1.82) is 0 Å². The molecule has 6 nitrogen and oxygen atoms in total. The maximum Gasteiger partial charge on any atom is 0.220 e. The van der Waals surface area contributed by atoms with E-state index in [2.05, 4.69) is 30.2 Å². The van der Waals surface area contributed by atoms with E-state index in [-0.39, 0.29) is 18.2 Å². The Bertz CT molecular complexity index is 722. The number of rotatable bonds is 8. The summed E-state index contributed by atoms with van der Waals surface area (Å²) in [5, 5.41) is 2.74. The number of nitrogens with zero attached hydrogens (tertiary/aromatic N) is 1. The molecule has 0 aliphatic heterocycles. The van der Waals surface area contributed by atoms with Gasteiger partial charge in [-0.25, -0.2) is 4.98 Å². The number of aromatic nitrogens is 1. The van der Waals surface area contributed by atoms with E-state index in [1.807, 2.05) is 12.1 Å². The van der Waals surface area contributed by atoms with Crippen LogP contribution >= 0.6 is 0 Å². The minimum Gasteiger partial charge on any atom is -0.441 e. The van der Waals surface area contributed by atoms with Gasteiger partial charge >= 0.3 is 0 Å². The Morgan fingerprint density at radius 3 is 2.71 bits per heavy atom. The normalized spacial score (nSPS) is 10.6. The van der Waals surface area contributed by atoms with E-state index >= 15 is 0 Å². The zero-order valence-corrected chi connectivity index (χ0v) is 14.1. The van der Waals surface area contributed by atoms with E-state index in [1.54, 1.807) is 6.20 Å². The van der Waals surface area contributed by atoms with Crippen LogP contribution in [0.1, 0.15) is 36.3 Å². The number of aryl methyl sites for hydroxylation is 3. The molecule has 1 aromatic carbocycles. The summed E-state index contributed by atoms with van der Waals surface area (Å²) in [5.74, 6) is 0.791. The lowest BCUT2D eigenvalue weighted by molar-refractivity contribution is -0.122. The van der Waals surface area contributed by atoms with Crippen LogP contribution in [0.4, 0.5) is 0 Å². The Kier molecular flexibility index (Phi) is 6.12. The van der Waals surface area contributed by atoms with E-state index in [9.17, 15) is 9.59 Å². The Morgan fingerprint density at radius 2 is 2.00 bits per heavy atom. The third-order valence-corrected chi connectivity index (χ3v) is 3.83. The Hall–Kier alpha value is -2.63.